The van der Waals surface area contributed by atoms with Gasteiger partial charge in [-0.1, -0.05) is 42.1 Å². The van der Waals surface area contributed by atoms with Crippen LogP contribution in [0.4, 0.5) is 0 Å². The molecule has 21 heavy (non-hydrogen) atoms. The van der Waals surface area contributed by atoms with Gasteiger partial charge in [0.05, 0.1) is 13.2 Å². The first-order valence-corrected chi connectivity index (χ1v) is 7.25. The van der Waals surface area contributed by atoms with Crippen LogP contribution in [0.1, 0.15) is 11.7 Å². The minimum absolute atomic E-state index is 0.0996. The summed E-state index contributed by atoms with van der Waals surface area (Å²) in [4.78, 5) is 24.3. The summed E-state index contributed by atoms with van der Waals surface area (Å²) in [6.45, 7) is 0. The highest BCUT2D eigenvalue weighted by Gasteiger charge is 2.25. The minimum atomic E-state index is -1.16. The topological polar surface area (TPSA) is 88.8 Å². The Morgan fingerprint density at radius 2 is 2.00 bits per heavy atom. The molecule has 0 spiro atoms. The molecule has 1 heterocycles. The Morgan fingerprint density at radius 3 is 2.57 bits per heavy atom. The molecule has 1 unspecified atom stereocenters. The van der Waals surface area contributed by atoms with Crippen LogP contribution < -0.4 is 0 Å². The fourth-order valence-corrected chi connectivity index (χ4v) is 2.01. The van der Waals surface area contributed by atoms with Crippen LogP contribution in [-0.4, -0.2) is 34.3 Å². The molecule has 1 atom stereocenters. The SMILES string of the molecule is COC(=O)C(C#N)c1nc(SC)nc(-c2ccccc2)n1. The minimum Gasteiger partial charge on any atom is -0.468 e. The maximum atomic E-state index is 11.6. The lowest BCUT2D eigenvalue weighted by molar-refractivity contribution is -0.141. The Balaban J connectivity index is 2.53. The Labute approximate surface area is 126 Å². The first-order chi connectivity index (χ1) is 10.2. The number of hydrogen-bond acceptors (Lipinski definition) is 7. The third-order valence-electron chi connectivity index (χ3n) is 2.67. The van der Waals surface area contributed by atoms with Gasteiger partial charge in [-0.25, -0.2) is 15.0 Å². The van der Waals surface area contributed by atoms with E-state index in [1.54, 1.807) is 0 Å². The average molecular weight is 300 g/mol. The number of methoxy groups -OCH3 is 1. The van der Waals surface area contributed by atoms with E-state index in [1.165, 1.54) is 18.9 Å². The standard InChI is InChI=1S/C14H12N4O2S/c1-20-13(19)10(8-15)12-16-11(17-14(18-12)21-2)9-6-4-3-5-7-9/h3-7,10H,1-2H3. The van der Waals surface area contributed by atoms with Crippen molar-refractivity contribution in [3.8, 4) is 17.5 Å². The second kappa shape index (κ2) is 6.81. The van der Waals surface area contributed by atoms with Crippen LogP contribution in [-0.2, 0) is 9.53 Å². The van der Waals surface area contributed by atoms with E-state index in [-0.39, 0.29) is 5.82 Å². The van der Waals surface area contributed by atoms with Crippen molar-refractivity contribution in [3.63, 3.8) is 0 Å². The molecule has 1 aromatic heterocycles. The lowest BCUT2D eigenvalue weighted by atomic mass is 10.1. The summed E-state index contributed by atoms with van der Waals surface area (Å²) in [5.74, 6) is -1.32. The van der Waals surface area contributed by atoms with E-state index in [9.17, 15) is 4.79 Å². The molecule has 0 fully saturated rings. The van der Waals surface area contributed by atoms with Crippen molar-refractivity contribution >= 4 is 17.7 Å². The Hall–Kier alpha value is -2.46. The molecule has 6 nitrogen and oxygen atoms in total. The number of rotatable bonds is 4. The van der Waals surface area contributed by atoms with Gasteiger partial charge in [-0.05, 0) is 6.26 Å². The zero-order chi connectivity index (χ0) is 15.2. The molecule has 0 N–H and O–H groups in total. The summed E-state index contributed by atoms with van der Waals surface area (Å²) in [5, 5.41) is 9.60. The highest BCUT2D eigenvalue weighted by atomic mass is 32.2. The molecule has 2 rings (SSSR count). The monoisotopic (exact) mass is 300 g/mol. The zero-order valence-electron chi connectivity index (χ0n) is 11.5. The molecule has 0 amide bonds. The Bertz CT molecular complexity index is 685. The smallest absolute Gasteiger partial charge is 0.331 e. The average Bonchev–Trinajstić information content (AvgIpc) is 2.55. The van der Waals surface area contributed by atoms with Crippen molar-refractivity contribution < 1.29 is 9.53 Å². The van der Waals surface area contributed by atoms with Gasteiger partial charge in [0.2, 0.25) is 5.92 Å². The largest absolute Gasteiger partial charge is 0.468 e. The van der Waals surface area contributed by atoms with Crippen molar-refractivity contribution in [2.75, 3.05) is 13.4 Å². The van der Waals surface area contributed by atoms with Gasteiger partial charge in [-0.3, -0.25) is 4.79 Å². The van der Waals surface area contributed by atoms with Crippen LogP contribution in [0.5, 0.6) is 0 Å². The highest BCUT2D eigenvalue weighted by molar-refractivity contribution is 7.98. The molecule has 0 bridgehead atoms. The number of esters is 1. The van der Waals surface area contributed by atoms with Crippen LogP contribution in [0.25, 0.3) is 11.4 Å². The lowest BCUT2D eigenvalue weighted by Crippen LogP contribution is -2.16. The number of carbonyl (C=O) groups excluding carboxylic acids is 1. The summed E-state index contributed by atoms with van der Waals surface area (Å²) >= 11 is 1.32. The maximum absolute atomic E-state index is 11.6. The number of carbonyl (C=O) groups is 1. The Kier molecular flexibility index (Phi) is 4.85. The molecular weight excluding hydrogens is 288 g/mol. The van der Waals surface area contributed by atoms with Crippen LogP contribution in [0, 0.1) is 11.3 Å². The van der Waals surface area contributed by atoms with Gasteiger partial charge >= 0.3 is 5.97 Å². The van der Waals surface area contributed by atoms with Gasteiger partial charge in [0, 0.05) is 5.56 Å². The fourth-order valence-electron chi connectivity index (χ4n) is 1.64. The third-order valence-corrected chi connectivity index (χ3v) is 3.22. The molecule has 0 aliphatic carbocycles. The number of nitrogens with zero attached hydrogens (tertiary/aromatic N) is 4. The molecular formula is C14H12N4O2S. The summed E-state index contributed by atoms with van der Waals surface area (Å²) < 4.78 is 4.61. The predicted octanol–water partition coefficient (Wildman–Crippen LogP) is 2.04. The first-order valence-electron chi connectivity index (χ1n) is 6.02. The number of thioether (sulfide) groups is 1. The summed E-state index contributed by atoms with van der Waals surface area (Å²) in [5.41, 5.74) is 0.790. The number of hydrogen-bond donors (Lipinski definition) is 0. The van der Waals surface area contributed by atoms with E-state index in [2.05, 4.69) is 19.7 Å². The summed E-state index contributed by atoms with van der Waals surface area (Å²) in [7, 11) is 1.22. The van der Waals surface area contributed by atoms with Gasteiger partial charge in [0.1, 0.15) is 0 Å². The molecule has 106 valence electrons. The molecule has 0 saturated heterocycles. The van der Waals surface area contributed by atoms with E-state index < -0.39 is 11.9 Å². The van der Waals surface area contributed by atoms with Gasteiger partial charge in [-0.15, -0.1) is 0 Å². The zero-order valence-corrected chi connectivity index (χ0v) is 12.3. The molecule has 0 radical (unpaired) electrons. The highest BCUT2D eigenvalue weighted by Crippen LogP contribution is 2.21. The van der Waals surface area contributed by atoms with Gasteiger partial charge < -0.3 is 4.74 Å². The number of nitriles is 1. The fraction of sp³-hybridized carbons (Fsp3) is 0.214. The van der Waals surface area contributed by atoms with E-state index in [4.69, 9.17) is 5.26 Å². The van der Waals surface area contributed by atoms with Gasteiger partial charge in [0.25, 0.3) is 0 Å². The van der Waals surface area contributed by atoms with Crippen LogP contribution in [0.15, 0.2) is 35.5 Å². The third kappa shape index (κ3) is 3.35. The lowest BCUT2D eigenvalue weighted by Gasteiger charge is -2.08. The van der Waals surface area contributed by atoms with E-state index >= 15 is 0 Å². The van der Waals surface area contributed by atoms with Crippen LogP contribution in [0.3, 0.4) is 0 Å². The maximum Gasteiger partial charge on any atom is 0.331 e. The van der Waals surface area contributed by atoms with Crippen molar-refractivity contribution in [3.05, 3.63) is 36.2 Å². The quantitative estimate of drug-likeness (QED) is 0.630. The van der Waals surface area contributed by atoms with Crippen molar-refractivity contribution in [2.24, 2.45) is 0 Å². The van der Waals surface area contributed by atoms with Crippen LogP contribution in [0.2, 0.25) is 0 Å². The molecule has 0 aliphatic rings. The summed E-state index contributed by atoms with van der Waals surface area (Å²) in [6, 6.07) is 11.2. The van der Waals surface area contributed by atoms with Gasteiger partial charge in [-0.2, -0.15) is 5.26 Å². The van der Waals surface area contributed by atoms with Crippen molar-refractivity contribution in [1.82, 2.24) is 15.0 Å². The molecule has 1 aromatic carbocycles. The first kappa shape index (κ1) is 14.9. The number of benzene rings is 1. The van der Waals surface area contributed by atoms with Crippen LogP contribution >= 0.6 is 11.8 Å². The molecule has 0 aliphatic heterocycles. The van der Waals surface area contributed by atoms with Crippen molar-refractivity contribution in [2.45, 2.75) is 11.1 Å². The molecule has 0 saturated carbocycles. The Morgan fingerprint density at radius 1 is 1.29 bits per heavy atom. The number of ether oxygens (including phenoxy) is 1. The molecule has 2 aromatic rings. The predicted molar refractivity (Wildman–Crippen MR) is 77.4 cm³/mol. The second-order valence-electron chi connectivity index (χ2n) is 3.96. The second-order valence-corrected chi connectivity index (χ2v) is 4.73. The normalized spacial score (nSPS) is 11.5. The van der Waals surface area contributed by atoms with E-state index in [0.29, 0.717) is 11.0 Å². The molecule has 7 heteroatoms. The van der Waals surface area contributed by atoms with Crippen molar-refractivity contribution in [1.29, 1.82) is 5.26 Å². The summed E-state index contributed by atoms with van der Waals surface area (Å²) in [6.07, 6.45) is 1.81. The van der Waals surface area contributed by atoms with Gasteiger partial charge in [0.15, 0.2) is 16.8 Å². The van der Waals surface area contributed by atoms with E-state index in [1.807, 2.05) is 42.7 Å². The number of aromatic nitrogens is 3. The van der Waals surface area contributed by atoms with E-state index in [0.717, 1.165) is 5.56 Å².